The first kappa shape index (κ1) is 16.4. The van der Waals surface area contributed by atoms with E-state index in [1.165, 1.54) is 6.33 Å². The Morgan fingerprint density at radius 3 is 2.89 bits per heavy atom. The summed E-state index contributed by atoms with van der Waals surface area (Å²) < 4.78 is 1.61. The zero-order valence-corrected chi connectivity index (χ0v) is 14.9. The molecule has 5 rings (SSSR count). The molecule has 0 radical (unpaired) electrons. The molecule has 4 heterocycles. The maximum absolute atomic E-state index is 13.6. The van der Waals surface area contributed by atoms with Gasteiger partial charge in [-0.3, -0.25) is 9.78 Å². The number of nitrogens with zero attached hydrogens (tertiary/aromatic N) is 6. The summed E-state index contributed by atoms with van der Waals surface area (Å²) in [7, 11) is 0. The van der Waals surface area contributed by atoms with E-state index in [9.17, 15) is 4.79 Å². The van der Waals surface area contributed by atoms with Crippen molar-refractivity contribution in [2.45, 2.75) is 12.5 Å². The second-order valence-electron chi connectivity index (χ2n) is 6.56. The average molecular weight is 371 g/mol. The summed E-state index contributed by atoms with van der Waals surface area (Å²) in [6, 6.07) is 11.0. The minimum atomic E-state index is -0.292. The summed E-state index contributed by atoms with van der Waals surface area (Å²) >= 11 is 0. The summed E-state index contributed by atoms with van der Waals surface area (Å²) in [5, 5.41) is 4.19. The van der Waals surface area contributed by atoms with Crippen molar-refractivity contribution in [2.24, 2.45) is 0 Å². The minimum absolute atomic E-state index is 0.0754. The lowest BCUT2D eigenvalue weighted by atomic mass is 9.95. The molecule has 0 aliphatic carbocycles. The molecule has 0 fully saturated rings. The summed E-state index contributed by atoms with van der Waals surface area (Å²) in [4.78, 5) is 31.4. The van der Waals surface area contributed by atoms with Gasteiger partial charge in [0.15, 0.2) is 0 Å². The van der Waals surface area contributed by atoms with Crippen LogP contribution in [0.4, 0.5) is 0 Å². The Balaban J connectivity index is 1.60. The van der Waals surface area contributed by atoms with Crippen LogP contribution in [-0.2, 0) is 6.42 Å². The zero-order chi connectivity index (χ0) is 18.9. The monoisotopic (exact) mass is 371 g/mol. The Morgan fingerprint density at radius 2 is 2.07 bits per heavy atom. The fourth-order valence-electron chi connectivity index (χ4n) is 3.71. The molecule has 1 aliphatic rings. The van der Waals surface area contributed by atoms with E-state index in [4.69, 9.17) is 0 Å². The van der Waals surface area contributed by atoms with E-state index in [-0.39, 0.29) is 11.9 Å². The largest absolute Gasteiger partial charge is 0.348 e. The second-order valence-corrected chi connectivity index (χ2v) is 6.56. The van der Waals surface area contributed by atoms with Gasteiger partial charge in [-0.15, -0.1) is 0 Å². The second kappa shape index (κ2) is 6.73. The Hall–Kier alpha value is -3.81. The molecular formula is C20H17N7O. The van der Waals surface area contributed by atoms with Crippen molar-refractivity contribution in [3.63, 3.8) is 0 Å². The van der Waals surface area contributed by atoms with Crippen LogP contribution >= 0.6 is 0 Å². The molecule has 3 aromatic heterocycles. The molecule has 138 valence electrons. The summed E-state index contributed by atoms with van der Waals surface area (Å²) in [5.74, 6) is -0.0754. The lowest BCUT2D eigenvalue weighted by molar-refractivity contribution is 0.0690. The van der Waals surface area contributed by atoms with Crippen molar-refractivity contribution >= 4 is 5.91 Å². The number of carbonyl (C=O) groups is 1. The first-order valence-electron chi connectivity index (χ1n) is 9.00. The van der Waals surface area contributed by atoms with Crippen LogP contribution in [0.3, 0.4) is 0 Å². The van der Waals surface area contributed by atoms with Crippen LogP contribution in [0.1, 0.15) is 33.4 Å². The molecule has 8 nitrogen and oxygen atoms in total. The van der Waals surface area contributed by atoms with Gasteiger partial charge in [0.05, 0.1) is 23.3 Å². The predicted octanol–water partition coefficient (Wildman–Crippen LogP) is 2.17. The molecule has 0 bridgehead atoms. The molecule has 1 aliphatic heterocycles. The van der Waals surface area contributed by atoms with Crippen LogP contribution in [0.2, 0.25) is 0 Å². The first-order valence-corrected chi connectivity index (χ1v) is 9.00. The number of fused-ring (bicyclic) bond motifs is 1. The highest BCUT2D eigenvalue weighted by Gasteiger charge is 2.35. The normalized spacial score (nSPS) is 16.0. The number of hydrogen-bond donors (Lipinski definition) is 1. The topological polar surface area (TPSA) is 92.6 Å². The number of nitrogens with one attached hydrogen (secondary N) is 1. The summed E-state index contributed by atoms with van der Waals surface area (Å²) in [6.45, 7) is 0.583. The standard InChI is InChI=1S/C20H17N7O/c28-20(15-5-1-2-6-17(15)27-13-22-11-25-27)26-9-7-16-18(24-12-23-16)19(26)14-4-3-8-21-10-14/h1-6,8,10-13,19H,7,9H2,(H,23,24). The highest BCUT2D eigenvalue weighted by Crippen LogP contribution is 2.34. The Labute approximate surface area is 160 Å². The third-order valence-corrected chi connectivity index (χ3v) is 4.99. The number of imidazole rings is 1. The number of aromatic nitrogens is 6. The molecule has 0 saturated heterocycles. The lowest BCUT2D eigenvalue weighted by Crippen LogP contribution is -2.41. The number of para-hydroxylation sites is 1. The van der Waals surface area contributed by atoms with Gasteiger partial charge < -0.3 is 9.88 Å². The van der Waals surface area contributed by atoms with E-state index in [0.29, 0.717) is 17.8 Å². The zero-order valence-electron chi connectivity index (χ0n) is 14.9. The molecule has 0 spiro atoms. The van der Waals surface area contributed by atoms with E-state index in [2.05, 4.69) is 25.0 Å². The van der Waals surface area contributed by atoms with Gasteiger partial charge in [0.1, 0.15) is 18.7 Å². The molecule has 1 N–H and O–H groups in total. The highest BCUT2D eigenvalue weighted by molar-refractivity contribution is 5.98. The molecule has 28 heavy (non-hydrogen) atoms. The molecule has 1 aromatic carbocycles. The molecule has 0 saturated carbocycles. The average Bonchev–Trinajstić information content (AvgIpc) is 3.45. The van der Waals surface area contributed by atoms with Crippen LogP contribution in [0, 0.1) is 0 Å². The molecule has 4 aromatic rings. The number of amides is 1. The van der Waals surface area contributed by atoms with Gasteiger partial charge in [-0.05, 0) is 23.8 Å². The van der Waals surface area contributed by atoms with Crippen LogP contribution in [0.15, 0.2) is 67.8 Å². The Bertz CT molecular complexity index is 1100. The van der Waals surface area contributed by atoms with Crippen molar-refractivity contribution in [1.82, 2.24) is 34.6 Å². The number of rotatable bonds is 3. The fraction of sp³-hybridized carbons (Fsp3) is 0.150. The van der Waals surface area contributed by atoms with E-state index < -0.39 is 0 Å². The summed E-state index contributed by atoms with van der Waals surface area (Å²) in [5.41, 5.74) is 4.12. The van der Waals surface area contributed by atoms with Gasteiger partial charge in [-0.1, -0.05) is 18.2 Å². The van der Waals surface area contributed by atoms with Crippen LogP contribution in [0.5, 0.6) is 0 Å². The molecule has 1 unspecified atom stereocenters. The fourth-order valence-corrected chi connectivity index (χ4v) is 3.71. The Morgan fingerprint density at radius 1 is 1.14 bits per heavy atom. The van der Waals surface area contributed by atoms with Gasteiger partial charge in [0, 0.05) is 31.1 Å². The molecular weight excluding hydrogens is 354 g/mol. The highest BCUT2D eigenvalue weighted by atomic mass is 16.2. The van der Waals surface area contributed by atoms with Crippen molar-refractivity contribution in [1.29, 1.82) is 0 Å². The van der Waals surface area contributed by atoms with E-state index >= 15 is 0 Å². The third kappa shape index (κ3) is 2.66. The Kier molecular flexibility index (Phi) is 3.93. The third-order valence-electron chi connectivity index (χ3n) is 4.99. The maximum atomic E-state index is 13.6. The predicted molar refractivity (Wildman–Crippen MR) is 101 cm³/mol. The number of H-pyrrole nitrogens is 1. The number of aromatic amines is 1. The van der Waals surface area contributed by atoms with Crippen LogP contribution < -0.4 is 0 Å². The quantitative estimate of drug-likeness (QED) is 0.596. The van der Waals surface area contributed by atoms with E-state index in [1.54, 1.807) is 29.7 Å². The maximum Gasteiger partial charge on any atom is 0.256 e. The van der Waals surface area contributed by atoms with Crippen molar-refractivity contribution < 1.29 is 4.79 Å². The molecule has 8 heteroatoms. The van der Waals surface area contributed by atoms with Crippen molar-refractivity contribution in [3.05, 3.63) is 90.3 Å². The lowest BCUT2D eigenvalue weighted by Gasteiger charge is -2.35. The molecule has 1 atom stereocenters. The van der Waals surface area contributed by atoms with Gasteiger partial charge in [0.2, 0.25) is 0 Å². The minimum Gasteiger partial charge on any atom is -0.348 e. The van der Waals surface area contributed by atoms with Crippen molar-refractivity contribution in [2.75, 3.05) is 6.54 Å². The number of pyridine rings is 1. The van der Waals surface area contributed by atoms with E-state index in [0.717, 1.165) is 23.4 Å². The summed E-state index contributed by atoms with van der Waals surface area (Å²) in [6.07, 6.45) is 8.97. The number of carbonyl (C=O) groups excluding carboxylic acids is 1. The SMILES string of the molecule is O=C(c1ccccc1-n1cncn1)N1CCc2[nH]cnc2C1c1cccnc1. The molecule has 1 amide bonds. The smallest absolute Gasteiger partial charge is 0.256 e. The number of hydrogen-bond acceptors (Lipinski definition) is 5. The number of benzene rings is 1. The van der Waals surface area contributed by atoms with Gasteiger partial charge in [-0.25, -0.2) is 14.6 Å². The van der Waals surface area contributed by atoms with E-state index in [1.807, 2.05) is 41.3 Å². The first-order chi connectivity index (χ1) is 13.8. The van der Waals surface area contributed by atoms with Crippen molar-refractivity contribution in [3.8, 4) is 5.69 Å². The van der Waals surface area contributed by atoms with Gasteiger partial charge in [-0.2, -0.15) is 5.10 Å². The van der Waals surface area contributed by atoms with Gasteiger partial charge >= 0.3 is 0 Å². The van der Waals surface area contributed by atoms with Gasteiger partial charge in [0.25, 0.3) is 5.91 Å². The van der Waals surface area contributed by atoms with Crippen LogP contribution in [-0.4, -0.2) is 47.1 Å². The van der Waals surface area contributed by atoms with Crippen LogP contribution in [0.25, 0.3) is 5.69 Å².